The van der Waals surface area contributed by atoms with Crippen LogP contribution in [-0.2, 0) is 30.2 Å². The molecule has 0 aliphatic rings. The van der Waals surface area contributed by atoms with E-state index in [1.54, 1.807) is 5.32 Å². The van der Waals surface area contributed by atoms with Crippen LogP contribution in [0.3, 0.4) is 0 Å². The van der Waals surface area contributed by atoms with Crippen LogP contribution in [-0.4, -0.2) is 38.5 Å². The number of amides is 1. The van der Waals surface area contributed by atoms with Gasteiger partial charge >= 0.3 is 17.3 Å². The van der Waals surface area contributed by atoms with Crippen LogP contribution in [0.5, 0.6) is 0 Å². The summed E-state index contributed by atoms with van der Waals surface area (Å²) >= 11 is -2.81. The molecule has 5 N–H and O–H groups in total. The van der Waals surface area contributed by atoms with Crippen molar-refractivity contribution in [2.45, 2.75) is 6.23 Å². The minimum absolute atomic E-state index is 0.433. The molecular weight excluding hydrogens is 220 g/mol. The number of aliphatic hydroxyl groups is 1. The van der Waals surface area contributed by atoms with Crippen LogP contribution in [0, 0.1) is 0 Å². The molecule has 0 rings (SSSR count). The zero-order chi connectivity index (χ0) is 11.1. The summed E-state index contributed by atoms with van der Waals surface area (Å²) in [6.07, 6.45) is -2.01. The van der Waals surface area contributed by atoms with Gasteiger partial charge in [0, 0.05) is 0 Å². The molecule has 0 fully saturated rings. The quantitative estimate of drug-likeness (QED) is 0.168. The lowest BCUT2D eigenvalue weighted by Crippen LogP contribution is -2.44. The van der Waals surface area contributed by atoms with Crippen molar-refractivity contribution in [3.05, 3.63) is 0 Å². The van der Waals surface area contributed by atoms with Crippen LogP contribution in [0.4, 0.5) is 0 Å². The summed E-state index contributed by atoms with van der Waals surface area (Å²) in [6, 6.07) is 0. The fourth-order valence-electron chi connectivity index (χ4n) is 0.379. The third-order valence-corrected chi connectivity index (χ3v) is 1.07. The number of hydrogen-bond donors (Lipinski definition) is 4. The van der Waals surface area contributed by atoms with E-state index < -0.39 is 36.0 Å². The van der Waals surface area contributed by atoms with E-state index in [1.807, 2.05) is 0 Å². The lowest BCUT2D eigenvalue weighted by molar-refractivity contribution is -0.222. The lowest BCUT2D eigenvalue weighted by atomic mass is 10.5. The topological polar surface area (TPSA) is 148 Å². The van der Waals surface area contributed by atoms with E-state index in [9.17, 15) is 13.8 Å². The average Bonchev–Trinajstić information content (AvgIpc) is 2.13. The van der Waals surface area contributed by atoms with Crippen LogP contribution in [0.25, 0.3) is 0 Å². The first-order valence-corrected chi connectivity index (χ1v) is 4.17. The van der Waals surface area contributed by atoms with Crippen LogP contribution in [0.15, 0.2) is 0 Å². The van der Waals surface area contributed by atoms with E-state index in [0.717, 1.165) is 0 Å². The number of aliphatic hydroxyl groups excluding tert-OH is 1. The summed E-state index contributed by atoms with van der Waals surface area (Å²) in [5, 5.41) is 10.5. The molecule has 0 aromatic carbocycles. The first-order valence-electron chi connectivity index (χ1n) is 3.14. The molecule has 2 unspecified atom stereocenters. The molecule has 14 heavy (non-hydrogen) atoms. The molecule has 0 aromatic rings. The van der Waals surface area contributed by atoms with Gasteiger partial charge in [0.15, 0.2) is 0 Å². The van der Waals surface area contributed by atoms with Gasteiger partial charge in [-0.1, -0.05) is 0 Å². The monoisotopic (exact) mass is 228 g/mol. The summed E-state index contributed by atoms with van der Waals surface area (Å²) in [7, 11) is 0. The SMILES string of the molecule is NCC(=O)NC(O)C(=O)OOS(=O)O. The fourth-order valence-corrected chi connectivity index (χ4v) is 0.504. The number of nitrogens with one attached hydrogen (secondary N) is 1. The number of carbonyl (C=O) groups excluding carboxylic acids is 2. The molecule has 0 radical (unpaired) electrons. The van der Waals surface area contributed by atoms with E-state index in [-0.39, 0.29) is 0 Å². The Labute approximate surface area is 80.6 Å². The molecule has 0 saturated heterocycles. The van der Waals surface area contributed by atoms with Gasteiger partial charge in [0.25, 0.3) is 0 Å². The predicted octanol–water partition coefficient (Wildman–Crippen LogP) is -3.01. The first kappa shape index (κ1) is 12.9. The maximum atomic E-state index is 10.6. The molecule has 1 amide bonds. The fraction of sp³-hybridized carbons (Fsp3) is 0.500. The summed E-state index contributed by atoms with van der Waals surface area (Å²) < 4.78 is 21.3. The van der Waals surface area contributed by atoms with E-state index in [4.69, 9.17) is 15.4 Å². The number of nitrogens with two attached hydrogens (primary N) is 1. The maximum absolute atomic E-state index is 10.6. The van der Waals surface area contributed by atoms with Gasteiger partial charge in [-0.05, 0) is 4.33 Å². The van der Waals surface area contributed by atoms with Crippen molar-refractivity contribution in [3.63, 3.8) is 0 Å². The van der Waals surface area contributed by atoms with Crippen molar-refractivity contribution in [2.75, 3.05) is 6.54 Å². The van der Waals surface area contributed by atoms with E-state index in [0.29, 0.717) is 0 Å². The van der Waals surface area contributed by atoms with Gasteiger partial charge < -0.3 is 16.2 Å². The van der Waals surface area contributed by atoms with Crippen LogP contribution >= 0.6 is 0 Å². The molecule has 9 nitrogen and oxygen atoms in total. The van der Waals surface area contributed by atoms with Gasteiger partial charge in [0.2, 0.25) is 12.1 Å². The third-order valence-electron chi connectivity index (χ3n) is 0.881. The predicted molar refractivity (Wildman–Crippen MR) is 41.2 cm³/mol. The Bertz CT molecular complexity index is 244. The summed E-state index contributed by atoms with van der Waals surface area (Å²) in [4.78, 5) is 24.7. The van der Waals surface area contributed by atoms with Crippen LogP contribution in [0.2, 0.25) is 0 Å². The number of hydrogen-bond acceptors (Lipinski definition) is 7. The smallest absolute Gasteiger partial charge is 0.364 e. The summed E-state index contributed by atoms with van der Waals surface area (Å²) in [5.41, 5.74) is 4.85. The molecular formula is C4H8N2O7S. The summed E-state index contributed by atoms with van der Waals surface area (Å²) in [6.45, 7) is -0.433. The minimum Gasteiger partial charge on any atom is -0.364 e. The Kier molecular flexibility index (Phi) is 5.91. The van der Waals surface area contributed by atoms with Gasteiger partial charge in [0.05, 0.1) is 6.54 Å². The first-order chi connectivity index (χ1) is 6.47. The Hall–Kier alpha value is -1.07. The second-order valence-electron chi connectivity index (χ2n) is 1.86. The average molecular weight is 228 g/mol. The van der Waals surface area contributed by atoms with Crippen molar-refractivity contribution >= 4 is 23.2 Å². The highest BCUT2D eigenvalue weighted by Gasteiger charge is 2.20. The molecule has 0 aromatic heterocycles. The third kappa shape index (κ3) is 5.55. The van der Waals surface area contributed by atoms with Crippen molar-refractivity contribution in [1.29, 1.82) is 0 Å². The second kappa shape index (κ2) is 6.39. The Balaban J connectivity index is 3.87. The maximum Gasteiger partial charge on any atom is 0.392 e. The molecule has 10 heteroatoms. The molecule has 0 aliphatic carbocycles. The Morgan fingerprint density at radius 3 is 2.57 bits per heavy atom. The van der Waals surface area contributed by atoms with Gasteiger partial charge in [0.1, 0.15) is 0 Å². The van der Waals surface area contributed by atoms with Gasteiger partial charge in [-0.15, -0.1) is 0 Å². The molecule has 82 valence electrons. The Morgan fingerprint density at radius 2 is 2.14 bits per heavy atom. The van der Waals surface area contributed by atoms with Crippen molar-refractivity contribution in [1.82, 2.24) is 5.32 Å². The normalized spacial score (nSPS) is 14.2. The van der Waals surface area contributed by atoms with E-state index >= 15 is 0 Å². The standard InChI is InChI=1S/C4H8N2O7S/c5-1-2(7)6-3(8)4(9)12-13-14(10)11/h3,8H,1,5H2,(H,6,7)(H,10,11). The van der Waals surface area contributed by atoms with Gasteiger partial charge in [-0.25, -0.2) is 4.79 Å². The van der Waals surface area contributed by atoms with E-state index in [1.165, 1.54) is 0 Å². The van der Waals surface area contributed by atoms with Crippen molar-refractivity contribution in [3.8, 4) is 0 Å². The van der Waals surface area contributed by atoms with Gasteiger partial charge in [-0.2, -0.15) is 4.21 Å². The number of rotatable bonds is 5. The molecule has 0 bridgehead atoms. The molecule has 0 spiro atoms. The lowest BCUT2D eigenvalue weighted by Gasteiger charge is -2.08. The van der Waals surface area contributed by atoms with Crippen molar-refractivity contribution in [2.24, 2.45) is 5.73 Å². The van der Waals surface area contributed by atoms with E-state index in [2.05, 4.69) is 9.22 Å². The molecule has 0 saturated carbocycles. The second-order valence-corrected chi connectivity index (χ2v) is 2.43. The highest BCUT2D eigenvalue weighted by molar-refractivity contribution is 7.74. The molecule has 2 atom stereocenters. The van der Waals surface area contributed by atoms with Gasteiger partial charge in [-0.3, -0.25) is 14.2 Å². The zero-order valence-corrected chi connectivity index (χ0v) is 7.52. The Morgan fingerprint density at radius 1 is 1.57 bits per heavy atom. The van der Waals surface area contributed by atoms with Crippen LogP contribution < -0.4 is 11.1 Å². The molecule has 0 aliphatic heterocycles. The van der Waals surface area contributed by atoms with Crippen molar-refractivity contribution < 1.29 is 32.7 Å². The number of carbonyl (C=O) groups is 2. The highest BCUT2D eigenvalue weighted by Crippen LogP contribution is 1.88. The largest absolute Gasteiger partial charge is 0.392 e. The summed E-state index contributed by atoms with van der Waals surface area (Å²) in [5.74, 6) is -2.26. The molecule has 0 heterocycles. The zero-order valence-electron chi connectivity index (χ0n) is 6.71. The minimum atomic E-state index is -2.81. The highest BCUT2D eigenvalue weighted by atomic mass is 32.2. The van der Waals surface area contributed by atoms with Crippen LogP contribution in [0.1, 0.15) is 0 Å².